The Hall–Kier alpha value is -2.84. The van der Waals surface area contributed by atoms with Gasteiger partial charge in [-0.3, -0.25) is 5.84 Å². The van der Waals surface area contributed by atoms with Crippen molar-refractivity contribution in [1.82, 2.24) is 0 Å². The van der Waals surface area contributed by atoms with Crippen LogP contribution >= 0.6 is 0 Å². The zero-order chi connectivity index (χ0) is 14.7. The summed E-state index contributed by atoms with van der Waals surface area (Å²) in [6, 6.07) is 23.7. The zero-order valence-corrected chi connectivity index (χ0v) is 11.9. The molecule has 5 aromatic carbocycles. The molecule has 104 valence electrons. The molecule has 0 radical (unpaired) electrons. The Balaban J connectivity index is 2.23. The molecule has 5 rings (SSSR count). The van der Waals surface area contributed by atoms with E-state index in [0.29, 0.717) is 0 Å². The fourth-order valence-corrected chi connectivity index (χ4v) is 3.77. The number of nitrogens with one attached hydrogen (secondary N) is 1. The van der Waals surface area contributed by atoms with Crippen molar-refractivity contribution >= 4 is 48.8 Å². The first-order valence-corrected chi connectivity index (χ1v) is 7.43. The maximum atomic E-state index is 5.70. The lowest BCUT2D eigenvalue weighted by molar-refractivity contribution is 1.37. The second kappa shape index (κ2) is 4.09. The summed E-state index contributed by atoms with van der Waals surface area (Å²) in [4.78, 5) is 0. The highest BCUT2D eigenvalue weighted by Gasteiger charge is 2.13. The predicted molar refractivity (Wildman–Crippen MR) is 95.5 cm³/mol. The molecule has 0 unspecified atom stereocenters. The number of hydrogen-bond donors (Lipinski definition) is 2. The number of hydrazine groups is 1. The van der Waals surface area contributed by atoms with E-state index in [2.05, 4.69) is 72.2 Å². The molecule has 0 atom stereocenters. The lowest BCUT2D eigenvalue weighted by Gasteiger charge is -2.15. The van der Waals surface area contributed by atoms with Gasteiger partial charge < -0.3 is 5.43 Å². The molecule has 0 bridgehead atoms. The van der Waals surface area contributed by atoms with Gasteiger partial charge in [0, 0.05) is 5.39 Å². The Morgan fingerprint density at radius 1 is 0.545 bits per heavy atom. The third kappa shape index (κ3) is 1.32. The van der Waals surface area contributed by atoms with Crippen LogP contribution in [0.25, 0.3) is 43.1 Å². The van der Waals surface area contributed by atoms with Gasteiger partial charge in [-0.05, 0) is 43.8 Å². The van der Waals surface area contributed by atoms with Gasteiger partial charge in [0.05, 0.1) is 5.69 Å². The van der Waals surface area contributed by atoms with Crippen LogP contribution in [0.1, 0.15) is 0 Å². The van der Waals surface area contributed by atoms with Crippen LogP contribution in [0.3, 0.4) is 0 Å². The molecule has 0 aliphatic rings. The van der Waals surface area contributed by atoms with Crippen molar-refractivity contribution in [3.63, 3.8) is 0 Å². The first kappa shape index (κ1) is 11.8. The van der Waals surface area contributed by atoms with Crippen molar-refractivity contribution in [2.75, 3.05) is 5.43 Å². The number of nitrogens with two attached hydrogens (primary N) is 1. The number of fused-ring (bicyclic) bond motifs is 2. The quantitative estimate of drug-likeness (QED) is 0.196. The summed E-state index contributed by atoms with van der Waals surface area (Å²) in [6.07, 6.45) is 0. The molecule has 22 heavy (non-hydrogen) atoms. The van der Waals surface area contributed by atoms with Gasteiger partial charge in [-0.1, -0.05) is 60.7 Å². The van der Waals surface area contributed by atoms with Crippen LogP contribution in [-0.2, 0) is 0 Å². The predicted octanol–water partition coefficient (Wildman–Crippen LogP) is 5.02. The van der Waals surface area contributed by atoms with Crippen molar-refractivity contribution in [2.24, 2.45) is 5.84 Å². The molecule has 0 fully saturated rings. The fourth-order valence-electron chi connectivity index (χ4n) is 3.77. The zero-order valence-electron chi connectivity index (χ0n) is 11.9. The third-order valence-corrected chi connectivity index (χ3v) is 4.68. The van der Waals surface area contributed by atoms with Crippen molar-refractivity contribution < 1.29 is 0 Å². The van der Waals surface area contributed by atoms with E-state index in [0.717, 1.165) is 5.69 Å². The number of nitrogen functional groups attached to an aromatic ring is 1. The summed E-state index contributed by atoms with van der Waals surface area (Å²) in [6.45, 7) is 0. The Kier molecular flexibility index (Phi) is 2.19. The molecule has 5 aromatic rings. The first-order chi connectivity index (χ1) is 10.9. The topological polar surface area (TPSA) is 38.0 Å². The van der Waals surface area contributed by atoms with E-state index in [1.807, 2.05) is 0 Å². The van der Waals surface area contributed by atoms with Crippen molar-refractivity contribution in [3.05, 3.63) is 66.7 Å². The van der Waals surface area contributed by atoms with Gasteiger partial charge in [0.15, 0.2) is 0 Å². The highest BCUT2D eigenvalue weighted by molar-refractivity contribution is 6.33. The Morgan fingerprint density at radius 3 is 1.77 bits per heavy atom. The maximum Gasteiger partial charge on any atom is 0.0564 e. The normalized spacial score (nSPS) is 11.9. The maximum absolute atomic E-state index is 5.70. The molecule has 0 aliphatic carbocycles. The largest absolute Gasteiger partial charge is 0.324 e. The van der Waals surface area contributed by atoms with Crippen LogP contribution in [0.15, 0.2) is 66.7 Å². The van der Waals surface area contributed by atoms with Crippen LogP contribution in [-0.4, -0.2) is 0 Å². The summed E-state index contributed by atoms with van der Waals surface area (Å²) in [5.41, 5.74) is 3.79. The van der Waals surface area contributed by atoms with Gasteiger partial charge in [-0.15, -0.1) is 0 Å². The van der Waals surface area contributed by atoms with Crippen LogP contribution < -0.4 is 11.3 Å². The number of anilines is 1. The molecule has 0 saturated carbocycles. The van der Waals surface area contributed by atoms with E-state index in [-0.39, 0.29) is 0 Å². The molecule has 0 amide bonds. The van der Waals surface area contributed by atoms with Gasteiger partial charge in [0.25, 0.3) is 0 Å². The van der Waals surface area contributed by atoms with Crippen molar-refractivity contribution in [1.29, 1.82) is 0 Å². The second-order valence-corrected chi connectivity index (χ2v) is 5.74. The van der Waals surface area contributed by atoms with E-state index < -0.39 is 0 Å². The van der Waals surface area contributed by atoms with Crippen LogP contribution in [0.5, 0.6) is 0 Å². The number of rotatable bonds is 1. The molecule has 0 heterocycles. The molecule has 3 N–H and O–H groups in total. The lowest BCUT2D eigenvalue weighted by Crippen LogP contribution is -2.07. The third-order valence-electron chi connectivity index (χ3n) is 4.68. The number of hydrogen-bond acceptors (Lipinski definition) is 2. The van der Waals surface area contributed by atoms with Crippen molar-refractivity contribution in [3.8, 4) is 0 Å². The minimum absolute atomic E-state index is 0.965. The van der Waals surface area contributed by atoms with Crippen LogP contribution in [0, 0.1) is 0 Å². The average Bonchev–Trinajstić information content (AvgIpc) is 2.59. The highest BCUT2D eigenvalue weighted by Crippen LogP contribution is 2.41. The van der Waals surface area contributed by atoms with E-state index in [1.165, 1.54) is 43.1 Å². The minimum Gasteiger partial charge on any atom is -0.324 e. The summed E-state index contributed by atoms with van der Waals surface area (Å²) in [5, 5.41) is 10.3. The van der Waals surface area contributed by atoms with Gasteiger partial charge >= 0.3 is 0 Å². The van der Waals surface area contributed by atoms with Gasteiger partial charge in [0.2, 0.25) is 0 Å². The van der Waals surface area contributed by atoms with Crippen molar-refractivity contribution in [2.45, 2.75) is 0 Å². The Bertz CT molecular complexity index is 1110. The first-order valence-electron chi connectivity index (χ1n) is 7.43. The van der Waals surface area contributed by atoms with Crippen LogP contribution in [0.2, 0.25) is 0 Å². The molecule has 0 aliphatic heterocycles. The molecule has 0 aromatic heterocycles. The second-order valence-electron chi connectivity index (χ2n) is 5.74. The smallest absolute Gasteiger partial charge is 0.0564 e. The summed E-state index contributed by atoms with van der Waals surface area (Å²) < 4.78 is 0. The Labute approximate surface area is 127 Å². The molecule has 0 saturated heterocycles. The molecular formula is C20H14N2. The highest BCUT2D eigenvalue weighted by atomic mass is 15.2. The van der Waals surface area contributed by atoms with E-state index in [1.54, 1.807) is 0 Å². The van der Waals surface area contributed by atoms with Gasteiger partial charge in [-0.2, -0.15) is 0 Å². The Morgan fingerprint density at radius 2 is 1.09 bits per heavy atom. The molecule has 0 spiro atoms. The average molecular weight is 282 g/mol. The lowest BCUT2D eigenvalue weighted by atomic mass is 9.89. The monoisotopic (exact) mass is 282 g/mol. The summed E-state index contributed by atoms with van der Waals surface area (Å²) in [7, 11) is 0. The minimum atomic E-state index is 0.965. The summed E-state index contributed by atoms with van der Waals surface area (Å²) >= 11 is 0. The fraction of sp³-hybridized carbons (Fsp3) is 0. The SMILES string of the molecule is NNc1ccc2c3cccc4cccc(c5cccc1c52)c43. The van der Waals surface area contributed by atoms with E-state index in [9.17, 15) is 0 Å². The standard InChI is InChI=1S/C20H14N2/c21-22-18-11-10-16-14-7-2-5-12-4-1-6-13(19(12)14)15-8-3-9-17(18)20(15)16/h1-11,22H,21H2. The van der Waals surface area contributed by atoms with Gasteiger partial charge in [0.1, 0.15) is 0 Å². The number of benzene rings is 5. The molecular weight excluding hydrogens is 268 g/mol. The summed E-state index contributed by atoms with van der Waals surface area (Å²) in [5.74, 6) is 5.70. The molecule has 2 nitrogen and oxygen atoms in total. The van der Waals surface area contributed by atoms with E-state index in [4.69, 9.17) is 5.84 Å². The van der Waals surface area contributed by atoms with E-state index >= 15 is 0 Å². The van der Waals surface area contributed by atoms with Crippen LogP contribution in [0.4, 0.5) is 5.69 Å². The molecule has 2 heteroatoms. The van der Waals surface area contributed by atoms with Gasteiger partial charge in [-0.25, -0.2) is 0 Å².